The summed E-state index contributed by atoms with van der Waals surface area (Å²) in [5, 5.41) is 0. The van der Waals surface area contributed by atoms with Gasteiger partial charge >= 0.3 is 0 Å². The first kappa shape index (κ1) is 18.8. The Kier molecular flexibility index (Phi) is 8.51. The number of rotatable bonds is 6. The summed E-state index contributed by atoms with van der Waals surface area (Å²) in [6.45, 7) is 6.98. The fourth-order valence-electron chi connectivity index (χ4n) is 2.21. The number of benzene rings is 2. The SMILES string of the molecule is CC.COc1ccc(CN(CCc2ccccc2)C(C)=O)cc1. The molecule has 124 valence electrons. The summed E-state index contributed by atoms with van der Waals surface area (Å²) in [5.74, 6) is 0.930. The Labute approximate surface area is 139 Å². The van der Waals surface area contributed by atoms with Crippen molar-refractivity contribution in [3.8, 4) is 5.75 Å². The number of carbonyl (C=O) groups excluding carboxylic acids is 1. The number of nitrogens with zero attached hydrogens (tertiary/aromatic N) is 1. The van der Waals surface area contributed by atoms with Crippen LogP contribution in [0.3, 0.4) is 0 Å². The van der Waals surface area contributed by atoms with Crippen molar-refractivity contribution in [3.63, 3.8) is 0 Å². The van der Waals surface area contributed by atoms with E-state index in [1.54, 1.807) is 14.0 Å². The molecule has 2 aromatic carbocycles. The van der Waals surface area contributed by atoms with Gasteiger partial charge in [0.25, 0.3) is 0 Å². The maximum atomic E-state index is 11.8. The molecular formula is C20H27NO2. The molecule has 0 N–H and O–H groups in total. The molecule has 2 aromatic rings. The Hall–Kier alpha value is -2.29. The normalized spacial score (nSPS) is 9.57. The first-order valence-corrected chi connectivity index (χ1v) is 8.11. The van der Waals surface area contributed by atoms with E-state index in [0.717, 1.165) is 24.3 Å². The Morgan fingerprint density at radius 3 is 2.09 bits per heavy atom. The van der Waals surface area contributed by atoms with Crippen LogP contribution in [0.2, 0.25) is 0 Å². The third kappa shape index (κ3) is 6.55. The molecule has 0 spiro atoms. The molecule has 0 atom stereocenters. The molecule has 0 unspecified atom stereocenters. The highest BCUT2D eigenvalue weighted by Crippen LogP contribution is 2.13. The Morgan fingerprint density at radius 2 is 1.57 bits per heavy atom. The highest BCUT2D eigenvalue weighted by molar-refractivity contribution is 5.73. The summed E-state index contributed by atoms with van der Waals surface area (Å²) in [6, 6.07) is 18.1. The second-order valence-electron chi connectivity index (χ2n) is 5.02. The average Bonchev–Trinajstić information content (AvgIpc) is 2.61. The molecule has 0 saturated carbocycles. The van der Waals surface area contributed by atoms with E-state index < -0.39 is 0 Å². The molecule has 0 aliphatic rings. The van der Waals surface area contributed by atoms with Crippen LogP contribution in [0.1, 0.15) is 31.9 Å². The van der Waals surface area contributed by atoms with Gasteiger partial charge < -0.3 is 9.64 Å². The monoisotopic (exact) mass is 313 g/mol. The van der Waals surface area contributed by atoms with Gasteiger partial charge in [0.1, 0.15) is 5.75 Å². The minimum Gasteiger partial charge on any atom is -0.497 e. The summed E-state index contributed by atoms with van der Waals surface area (Å²) in [4.78, 5) is 13.7. The van der Waals surface area contributed by atoms with E-state index in [1.807, 2.05) is 61.2 Å². The fourth-order valence-corrected chi connectivity index (χ4v) is 2.21. The molecule has 0 aromatic heterocycles. The molecule has 23 heavy (non-hydrogen) atoms. The molecule has 2 rings (SSSR count). The second kappa shape index (κ2) is 10.4. The van der Waals surface area contributed by atoms with E-state index in [4.69, 9.17) is 4.74 Å². The Bertz CT molecular complexity index is 564. The van der Waals surface area contributed by atoms with Gasteiger partial charge in [0.15, 0.2) is 0 Å². The van der Waals surface area contributed by atoms with E-state index in [9.17, 15) is 4.79 Å². The second-order valence-corrected chi connectivity index (χ2v) is 5.02. The molecule has 3 heteroatoms. The van der Waals surface area contributed by atoms with Crippen molar-refractivity contribution in [2.45, 2.75) is 33.7 Å². The third-order valence-corrected chi connectivity index (χ3v) is 3.49. The van der Waals surface area contributed by atoms with E-state index in [0.29, 0.717) is 6.54 Å². The number of methoxy groups -OCH3 is 1. The van der Waals surface area contributed by atoms with E-state index in [1.165, 1.54) is 5.56 Å². The van der Waals surface area contributed by atoms with Crippen LogP contribution in [-0.2, 0) is 17.8 Å². The summed E-state index contributed by atoms with van der Waals surface area (Å²) >= 11 is 0. The zero-order valence-corrected chi connectivity index (χ0v) is 14.6. The van der Waals surface area contributed by atoms with Gasteiger partial charge in [0.2, 0.25) is 5.91 Å². The minimum absolute atomic E-state index is 0.0988. The lowest BCUT2D eigenvalue weighted by Gasteiger charge is -2.21. The maximum Gasteiger partial charge on any atom is 0.219 e. The maximum absolute atomic E-state index is 11.8. The predicted octanol–water partition coefficient (Wildman–Crippen LogP) is 4.31. The van der Waals surface area contributed by atoms with Gasteiger partial charge in [0, 0.05) is 20.0 Å². The van der Waals surface area contributed by atoms with Crippen LogP contribution in [0.15, 0.2) is 54.6 Å². The molecule has 0 bridgehead atoms. The summed E-state index contributed by atoms with van der Waals surface area (Å²) in [5.41, 5.74) is 2.36. The van der Waals surface area contributed by atoms with Crippen LogP contribution in [-0.4, -0.2) is 24.5 Å². The molecule has 0 aliphatic heterocycles. The highest BCUT2D eigenvalue weighted by atomic mass is 16.5. The average molecular weight is 313 g/mol. The molecule has 3 nitrogen and oxygen atoms in total. The lowest BCUT2D eigenvalue weighted by atomic mass is 10.1. The van der Waals surface area contributed by atoms with E-state index in [-0.39, 0.29) is 5.91 Å². The van der Waals surface area contributed by atoms with Crippen molar-refractivity contribution in [1.29, 1.82) is 0 Å². The van der Waals surface area contributed by atoms with Gasteiger partial charge in [0.05, 0.1) is 7.11 Å². The molecule has 0 radical (unpaired) electrons. The fraction of sp³-hybridized carbons (Fsp3) is 0.350. The van der Waals surface area contributed by atoms with Crippen LogP contribution >= 0.6 is 0 Å². The quantitative estimate of drug-likeness (QED) is 0.795. The summed E-state index contributed by atoms with van der Waals surface area (Å²) in [6.07, 6.45) is 0.872. The molecule has 0 aliphatic carbocycles. The standard InChI is InChI=1S/C18H21NO2.C2H6/c1-15(20)19(13-12-16-6-4-3-5-7-16)14-17-8-10-18(21-2)11-9-17;1-2/h3-11H,12-14H2,1-2H3;1-2H3. The lowest BCUT2D eigenvalue weighted by Crippen LogP contribution is -2.30. The van der Waals surface area contributed by atoms with Crippen molar-refractivity contribution in [2.75, 3.05) is 13.7 Å². The zero-order valence-electron chi connectivity index (χ0n) is 14.6. The van der Waals surface area contributed by atoms with Crippen LogP contribution in [0.4, 0.5) is 0 Å². The largest absolute Gasteiger partial charge is 0.497 e. The molecule has 0 saturated heterocycles. The first-order valence-electron chi connectivity index (χ1n) is 8.11. The van der Waals surface area contributed by atoms with Gasteiger partial charge in [-0.15, -0.1) is 0 Å². The van der Waals surface area contributed by atoms with Crippen molar-refractivity contribution >= 4 is 5.91 Å². The van der Waals surface area contributed by atoms with E-state index in [2.05, 4.69) is 12.1 Å². The van der Waals surface area contributed by atoms with Crippen molar-refractivity contribution in [3.05, 3.63) is 65.7 Å². The van der Waals surface area contributed by atoms with Crippen LogP contribution in [0.25, 0.3) is 0 Å². The van der Waals surface area contributed by atoms with Gasteiger partial charge in [-0.05, 0) is 29.7 Å². The van der Waals surface area contributed by atoms with Crippen molar-refractivity contribution in [1.82, 2.24) is 4.90 Å². The van der Waals surface area contributed by atoms with Crippen molar-refractivity contribution < 1.29 is 9.53 Å². The minimum atomic E-state index is 0.0988. The van der Waals surface area contributed by atoms with Crippen molar-refractivity contribution in [2.24, 2.45) is 0 Å². The summed E-state index contributed by atoms with van der Waals surface area (Å²) in [7, 11) is 1.65. The summed E-state index contributed by atoms with van der Waals surface area (Å²) < 4.78 is 5.15. The van der Waals surface area contributed by atoms with Gasteiger partial charge in [-0.1, -0.05) is 56.3 Å². The van der Waals surface area contributed by atoms with Gasteiger partial charge in [-0.25, -0.2) is 0 Å². The molecule has 0 heterocycles. The van der Waals surface area contributed by atoms with Crippen LogP contribution in [0.5, 0.6) is 5.75 Å². The lowest BCUT2D eigenvalue weighted by molar-refractivity contribution is -0.129. The number of amides is 1. The smallest absolute Gasteiger partial charge is 0.219 e. The van der Waals surface area contributed by atoms with Gasteiger partial charge in [-0.2, -0.15) is 0 Å². The van der Waals surface area contributed by atoms with Crippen LogP contribution < -0.4 is 4.74 Å². The highest BCUT2D eigenvalue weighted by Gasteiger charge is 2.09. The van der Waals surface area contributed by atoms with Crippen LogP contribution in [0, 0.1) is 0 Å². The number of hydrogen-bond acceptors (Lipinski definition) is 2. The zero-order chi connectivity index (χ0) is 17.1. The number of carbonyl (C=O) groups is 1. The number of hydrogen-bond donors (Lipinski definition) is 0. The number of ether oxygens (including phenoxy) is 1. The first-order chi connectivity index (χ1) is 11.2. The Balaban J connectivity index is 0.00000127. The molecular weight excluding hydrogens is 286 g/mol. The Morgan fingerprint density at radius 1 is 0.957 bits per heavy atom. The van der Waals surface area contributed by atoms with Gasteiger partial charge in [-0.3, -0.25) is 4.79 Å². The molecule has 1 amide bonds. The topological polar surface area (TPSA) is 29.5 Å². The third-order valence-electron chi connectivity index (χ3n) is 3.49. The predicted molar refractivity (Wildman–Crippen MR) is 95.6 cm³/mol. The molecule has 0 fully saturated rings. The van der Waals surface area contributed by atoms with E-state index >= 15 is 0 Å².